The Hall–Kier alpha value is 1.58. The molecule has 0 saturated carbocycles. The topological polar surface area (TPSA) is 57.2 Å². The van der Waals surface area contributed by atoms with E-state index in [2.05, 4.69) is 6.58 Å². The van der Waals surface area contributed by atoms with Gasteiger partial charge in [0.05, 0.1) is 10.1 Å². The molecule has 0 heterocycles. The van der Waals surface area contributed by atoms with Gasteiger partial charge in [-0.05, 0) is 0 Å². The predicted octanol–water partition coefficient (Wildman–Crippen LogP) is 0.460. The first-order valence-electron chi connectivity index (χ1n) is 3.95. The second-order valence-corrected chi connectivity index (χ2v) is 7.03. The monoisotopic (exact) mass is 378 g/mol. The predicted molar refractivity (Wildman–Crippen MR) is 69.7 cm³/mol. The number of allylic oxidation sites excluding steroid dienone is 4. The zero-order valence-corrected chi connectivity index (χ0v) is 15.5. The van der Waals surface area contributed by atoms with Crippen LogP contribution in [0.1, 0.15) is 0 Å². The Morgan fingerprint density at radius 3 is 2.11 bits per heavy atom. The van der Waals surface area contributed by atoms with E-state index in [4.69, 9.17) is 58.0 Å². The van der Waals surface area contributed by atoms with Gasteiger partial charge in [0, 0.05) is 10.6 Å². The summed E-state index contributed by atoms with van der Waals surface area (Å²) < 4.78 is 30.9. The molecule has 2 unspecified atom stereocenters. The molecule has 0 bridgehead atoms. The number of halogens is 5. The number of hydrogen-bond donors (Lipinski definition) is 0. The second-order valence-electron chi connectivity index (χ2n) is 3.06. The van der Waals surface area contributed by atoms with Crippen molar-refractivity contribution in [2.24, 2.45) is 0 Å². The van der Waals surface area contributed by atoms with Gasteiger partial charge in [0.1, 0.15) is 15.5 Å². The van der Waals surface area contributed by atoms with Crippen molar-refractivity contribution >= 4 is 68.1 Å². The third kappa shape index (κ3) is 2.93. The molecule has 0 aliphatic heterocycles. The van der Waals surface area contributed by atoms with E-state index in [0.717, 1.165) is 0 Å². The normalized spacial score (nSPS) is 29.1. The van der Waals surface area contributed by atoms with Crippen LogP contribution in [0.2, 0.25) is 0 Å². The van der Waals surface area contributed by atoms with Crippen LogP contribution in [0.25, 0.3) is 0 Å². The van der Waals surface area contributed by atoms with Crippen molar-refractivity contribution < 1.29 is 42.5 Å². The summed E-state index contributed by atoms with van der Waals surface area (Å²) in [5, 5.41) is -2.60. The summed E-state index contributed by atoms with van der Waals surface area (Å²) in [6.45, 7) is 3.42. The molecule has 96 valence electrons. The average Bonchev–Trinajstić information content (AvgIpc) is 2.23. The molecule has 0 radical (unpaired) electrons. The van der Waals surface area contributed by atoms with E-state index in [1.807, 2.05) is 0 Å². The smallest absolute Gasteiger partial charge is 0.746 e. The molecular formula is C8H4Cl5NaO3S. The molecule has 0 aromatic rings. The molecule has 1 aliphatic rings. The Morgan fingerprint density at radius 1 is 1.33 bits per heavy atom. The number of hydrogen-bond acceptors (Lipinski definition) is 3. The van der Waals surface area contributed by atoms with Crippen molar-refractivity contribution in [2.75, 3.05) is 0 Å². The molecule has 0 N–H and O–H groups in total. The average molecular weight is 380 g/mol. The van der Waals surface area contributed by atoms with Gasteiger partial charge in [0.25, 0.3) is 0 Å². The minimum atomic E-state index is -5.06. The van der Waals surface area contributed by atoms with Crippen molar-refractivity contribution in [3.63, 3.8) is 0 Å². The van der Waals surface area contributed by atoms with Crippen molar-refractivity contribution in [1.82, 2.24) is 0 Å². The van der Waals surface area contributed by atoms with Crippen molar-refractivity contribution in [2.45, 2.75) is 9.58 Å². The second kappa shape index (κ2) is 6.56. The molecule has 10 heteroatoms. The van der Waals surface area contributed by atoms with Crippen LogP contribution in [0, 0.1) is 0 Å². The first-order chi connectivity index (χ1) is 7.59. The summed E-state index contributed by atoms with van der Waals surface area (Å²) in [6, 6.07) is 0. The maximum absolute atomic E-state index is 11.2. The Bertz CT molecular complexity index is 541. The van der Waals surface area contributed by atoms with Crippen LogP contribution in [0.5, 0.6) is 0 Å². The summed E-state index contributed by atoms with van der Waals surface area (Å²) >= 11 is 28.7. The Kier molecular flexibility index (Phi) is 7.14. The van der Waals surface area contributed by atoms with Gasteiger partial charge >= 0.3 is 29.6 Å². The summed E-state index contributed by atoms with van der Waals surface area (Å²) in [5.41, 5.74) is 0.137. The van der Waals surface area contributed by atoms with Gasteiger partial charge in [-0.25, -0.2) is 8.42 Å². The molecule has 0 spiro atoms. The summed E-state index contributed by atoms with van der Waals surface area (Å²) in [4.78, 5) is 0. The van der Waals surface area contributed by atoms with Crippen LogP contribution in [-0.4, -0.2) is 22.6 Å². The van der Waals surface area contributed by atoms with Crippen LogP contribution < -0.4 is 29.6 Å². The molecule has 1 aliphatic carbocycles. The standard InChI is InChI=1S/C8H5Cl5O3S.Na/c1-2-3-4(9)6(11)8(13,17(14,15)16)7(12)5(3)10;/h2,6H,1H2,(H,14,15,16);/q;+1/p-1. The molecule has 18 heavy (non-hydrogen) atoms. The SMILES string of the molecule is C=CC1=C(Cl)C(Cl)C(Cl)(S(=O)(=O)[O-])C(Cl)=C1Cl.[Na+]. The quantitative estimate of drug-likeness (QED) is 0.397. The van der Waals surface area contributed by atoms with Crippen LogP contribution in [0.15, 0.2) is 33.3 Å². The fraction of sp³-hybridized carbons (Fsp3) is 0.250. The van der Waals surface area contributed by atoms with E-state index in [1.165, 1.54) is 6.08 Å². The molecule has 0 aromatic heterocycles. The molecule has 3 nitrogen and oxygen atoms in total. The summed E-state index contributed by atoms with van der Waals surface area (Å²) in [7, 11) is -5.06. The Balaban J connectivity index is 0.00000289. The third-order valence-corrected chi connectivity index (χ3v) is 6.75. The first-order valence-corrected chi connectivity index (χ1v) is 7.31. The molecule has 0 aromatic carbocycles. The largest absolute Gasteiger partial charge is 1.00 e. The van der Waals surface area contributed by atoms with Gasteiger partial charge in [0.2, 0.25) is 0 Å². The van der Waals surface area contributed by atoms with Crippen LogP contribution >= 0.6 is 58.0 Å². The zero-order valence-electron chi connectivity index (χ0n) is 8.88. The minimum absolute atomic E-state index is 0. The van der Waals surface area contributed by atoms with E-state index in [-0.39, 0.29) is 45.2 Å². The van der Waals surface area contributed by atoms with Gasteiger partial charge in [-0.1, -0.05) is 59.1 Å². The van der Waals surface area contributed by atoms with Gasteiger partial charge in [-0.2, -0.15) is 0 Å². The first kappa shape index (κ1) is 19.6. The Morgan fingerprint density at radius 2 is 1.78 bits per heavy atom. The molecule has 1 rings (SSSR count). The van der Waals surface area contributed by atoms with Gasteiger partial charge in [-0.3, -0.25) is 0 Å². The van der Waals surface area contributed by atoms with E-state index in [1.54, 1.807) is 0 Å². The zero-order chi connectivity index (χ0) is 13.6. The minimum Gasteiger partial charge on any atom is -0.746 e. The Labute approximate surface area is 152 Å². The van der Waals surface area contributed by atoms with Gasteiger partial charge in [-0.15, -0.1) is 11.6 Å². The number of rotatable bonds is 2. The maximum atomic E-state index is 11.2. The fourth-order valence-corrected chi connectivity index (χ4v) is 4.14. The molecule has 2 atom stereocenters. The van der Waals surface area contributed by atoms with Crippen molar-refractivity contribution in [3.8, 4) is 0 Å². The van der Waals surface area contributed by atoms with Crippen LogP contribution in [0.4, 0.5) is 0 Å². The maximum Gasteiger partial charge on any atom is 1.00 e. The van der Waals surface area contributed by atoms with Crippen LogP contribution in [-0.2, 0) is 10.1 Å². The fourth-order valence-electron chi connectivity index (χ4n) is 1.21. The van der Waals surface area contributed by atoms with E-state index >= 15 is 0 Å². The van der Waals surface area contributed by atoms with Gasteiger partial charge in [0.15, 0.2) is 4.21 Å². The van der Waals surface area contributed by atoms with Crippen molar-refractivity contribution in [3.05, 3.63) is 33.3 Å². The number of alkyl halides is 2. The summed E-state index contributed by atoms with van der Waals surface area (Å²) in [6.07, 6.45) is 1.23. The van der Waals surface area contributed by atoms with Crippen molar-refractivity contribution in [1.29, 1.82) is 0 Å². The van der Waals surface area contributed by atoms with E-state index in [9.17, 15) is 13.0 Å². The summed E-state index contributed by atoms with van der Waals surface area (Å²) in [5.74, 6) is 0. The van der Waals surface area contributed by atoms with Crippen LogP contribution in [0.3, 0.4) is 0 Å². The van der Waals surface area contributed by atoms with E-state index in [0.29, 0.717) is 0 Å². The molecule has 0 saturated heterocycles. The molecule has 0 amide bonds. The van der Waals surface area contributed by atoms with E-state index < -0.39 is 24.7 Å². The molecule has 0 fully saturated rings. The third-order valence-electron chi connectivity index (χ3n) is 2.10. The van der Waals surface area contributed by atoms with Gasteiger partial charge < -0.3 is 4.55 Å². The molecular weight excluding hydrogens is 376 g/mol.